The van der Waals surface area contributed by atoms with Crippen LogP contribution in [0.4, 0.5) is 0 Å². The summed E-state index contributed by atoms with van der Waals surface area (Å²) in [6.45, 7) is 6.59. The normalized spacial score (nSPS) is 12.2. The zero-order chi connectivity index (χ0) is 43.7. The molecule has 0 saturated heterocycles. The third-order valence-electron chi connectivity index (χ3n) is 11.4. The summed E-state index contributed by atoms with van der Waals surface area (Å²) in [5.74, 6) is -0.887. The molecule has 0 aromatic heterocycles. The van der Waals surface area contributed by atoms with Crippen LogP contribution in [0, 0.1) is 0 Å². The van der Waals surface area contributed by atoms with Crippen molar-refractivity contribution in [1.29, 1.82) is 0 Å². The topological polar surface area (TPSA) is 78.9 Å². The van der Waals surface area contributed by atoms with Crippen LogP contribution in [0.5, 0.6) is 0 Å². The zero-order valence-corrected chi connectivity index (χ0v) is 40.0. The molecule has 0 aliphatic heterocycles. The molecule has 60 heavy (non-hydrogen) atoms. The van der Waals surface area contributed by atoms with Gasteiger partial charge in [-0.25, -0.2) is 0 Å². The van der Waals surface area contributed by atoms with Gasteiger partial charge in [0.2, 0.25) is 0 Å². The van der Waals surface area contributed by atoms with E-state index >= 15 is 0 Å². The molecule has 0 aliphatic carbocycles. The molecule has 0 rings (SSSR count). The second-order valence-electron chi connectivity index (χ2n) is 17.4. The molecule has 0 amide bonds. The van der Waals surface area contributed by atoms with Gasteiger partial charge < -0.3 is 14.2 Å². The monoisotopic (exact) mass is 843 g/mol. The predicted octanol–water partition coefficient (Wildman–Crippen LogP) is 16.9. The van der Waals surface area contributed by atoms with Gasteiger partial charge in [-0.05, 0) is 70.6 Å². The van der Waals surface area contributed by atoms with Crippen LogP contribution in [0.2, 0.25) is 0 Å². The molecule has 0 heterocycles. The average Bonchev–Trinajstić information content (AvgIpc) is 3.24. The van der Waals surface area contributed by atoms with Crippen molar-refractivity contribution < 1.29 is 28.6 Å². The van der Waals surface area contributed by atoms with Gasteiger partial charge in [-0.1, -0.05) is 218 Å². The molecule has 0 radical (unpaired) electrons. The Balaban J connectivity index is 4.35. The van der Waals surface area contributed by atoms with E-state index in [0.29, 0.717) is 19.3 Å². The van der Waals surface area contributed by atoms with E-state index in [1.54, 1.807) is 0 Å². The predicted molar refractivity (Wildman–Crippen MR) is 256 cm³/mol. The van der Waals surface area contributed by atoms with Crippen molar-refractivity contribution in [1.82, 2.24) is 0 Å². The first kappa shape index (κ1) is 57.6. The van der Waals surface area contributed by atoms with E-state index in [-0.39, 0.29) is 31.1 Å². The Bertz CT molecular complexity index is 1020. The summed E-state index contributed by atoms with van der Waals surface area (Å²) in [6.07, 6.45) is 56.9. The Hall–Kier alpha value is -2.37. The van der Waals surface area contributed by atoms with Crippen LogP contribution >= 0.6 is 0 Å². The summed E-state index contributed by atoms with van der Waals surface area (Å²) < 4.78 is 16.8. The lowest BCUT2D eigenvalue weighted by Gasteiger charge is -2.18. The van der Waals surface area contributed by atoms with Gasteiger partial charge in [0, 0.05) is 19.3 Å². The van der Waals surface area contributed by atoms with Crippen molar-refractivity contribution in [2.24, 2.45) is 0 Å². The van der Waals surface area contributed by atoms with Gasteiger partial charge in [-0.15, -0.1) is 0 Å². The van der Waals surface area contributed by atoms with E-state index in [9.17, 15) is 14.4 Å². The molecule has 350 valence electrons. The lowest BCUT2D eigenvalue weighted by Crippen LogP contribution is -2.30. The first-order valence-corrected chi connectivity index (χ1v) is 26.0. The standard InChI is InChI=1S/C54H98O6/c1-4-7-10-13-16-19-22-24-26-27-28-30-32-35-38-41-44-47-53(56)59-50-51(49-58-52(55)46-43-40-37-34-31-21-18-15-12-9-6-3)60-54(57)48-45-42-39-36-33-29-25-23-20-17-14-11-8-5-2/h14,17,23-26,51H,4-13,15-16,18-22,27-50H2,1-3H3/b17-14-,25-23-,26-24-. The number of hydrogen-bond acceptors (Lipinski definition) is 6. The SMILES string of the molecule is CCCC/C=C\C/C=C\CCCCCCCC(=O)OC(COC(=O)CCCCCCCCC/C=C\CCCCCCCC)COC(=O)CCCCCCCCCCCCC. The highest BCUT2D eigenvalue weighted by Crippen LogP contribution is 2.15. The molecule has 6 heteroatoms. The molecule has 0 aliphatic rings. The lowest BCUT2D eigenvalue weighted by molar-refractivity contribution is -0.167. The second kappa shape index (κ2) is 49.3. The van der Waals surface area contributed by atoms with E-state index in [0.717, 1.165) is 83.5 Å². The fourth-order valence-corrected chi connectivity index (χ4v) is 7.39. The number of esters is 3. The van der Waals surface area contributed by atoms with Crippen molar-refractivity contribution in [2.75, 3.05) is 13.2 Å². The highest BCUT2D eigenvalue weighted by atomic mass is 16.6. The molecule has 0 N–H and O–H groups in total. The number of unbranched alkanes of at least 4 members (excludes halogenated alkanes) is 30. The van der Waals surface area contributed by atoms with Crippen molar-refractivity contribution in [2.45, 2.75) is 277 Å². The maximum absolute atomic E-state index is 12.8. The van der Waals surface area contributed by atoms with E-state index in [1.807, 2.05) is 0 Å². The Morgan fingerprint density at radius 1 is 0.333 bits per heavy atom. The van der Waals surface area contributed by atoms with Crippen LogP contribution in [0.3, 0.4) is 0 Å². The minimum absolute atomic E-state index is 0.0765. The average molecular weight is 843 g/mol. The first-order chi connectivity index (χ1) is 29.5. The molecular weight excluding hydrogens is 745 g/mol. The van der Waals surface area contributed by atoms with Crippen LogP contribution in [-0.4, -0.2) is 37.2 Å². The van der Waals surface area contributed by atoms with Crippen molar-refractivity contribution in [3.8, 4) is 0 Å². The quantitative estimate of drug-likeness (QED) is 0.0263. The summed E-state index contributed by atoms with van der Waals surface area (Å²) in [5, 5.41) is 0. The third kappa shape index (κ3) is 46.7. The van der Waals surface area contributed by atoms with E-state index in [4.69, 9.17) is 14.2 Å². The molecule has 6 nitrogen and oxygen atoms in total. The van der Waals surface area contributed by atoms with Crippen LogP contribution in [0.15, 0.2) is 36.5 Å². The van der Waals surface area contributed by atoms with Crippen LogP contribution in [0.1, 0.15) is 271 Å². The molecule has 0 spiro atoms. The van der Waals surface area contributed by atoms with Gasteiger partial charge in [-0.2, -0.15) is 0 Å². The van der Waals surface area contributed by atoms with Crippen LogP contribution in [-0.2, 0) is 28.6 Å². The summed E-state index contributed by atoms with van der Waals surface area (Å²) in [4.78, 5) is 37.9. The van der Waals surface area contributed by atoms with Crippen molar-refractivity contribution >= 4 is 17.9 Å². The van der Waals surface area contributed by atoms with E-state index in [1.165, 1.54) is 148 Å². The highest BCUT2D eigenvalue weighted by Gasteiger charge is 2.19. The second-order valence-corrected chi connectivity index (χ2v) is 17.4. The van der Waals surface area contributed by atoms with Gasteiger partial charge >= 0.3 is 17.9 Å². The summed E-state index contributed by atoms with van der Waals surface area (Å²) in [6, 6.07) is 0. The van der Waals surface area contributed by atoms with Crippen molar-refractivity contribution in [3.05, 3.63) is 36.5 Å². The third-order valence-corrected chi connectivity index (χ3v) is 11.4. The van der Waals surface area contributed by atoms with Gasteiger partial charge in [0.15, 0.2) is 6.10 Å². The van der Waals surface area contributed by atoms with Crippen LogP contribution in [0.25, 0.3) is 0 Å². The number of hydrogen-bond donors (Lipinski definition) is 0. The molecule has 0 fully saturated rings. The number of ether oxygens (including phenoxy) is 3. The largest absolute Gasteiger partial charge is 0.462 e. The van der Waals surface area contributed by atoms with Crippen LogP contribution < -0.4 is 0 Å². The number of carbonyl (C=O) groups is 3. The molecule has 1 atom stereocenters. The molecular formula is C54H98O6. The lowest BCUT2D eigenvalue weighted by atomic mass is 10.1. The van der Waals surface area contributed by atoms with E-state index < -0.39 is 6.10 Å². The smallest absolute Gasteiger partial charge is 0.306 e. The molecule has 0 aromatic rings. The summed E-state index contributed by atoms with van der Waals surface area (Å²) in [5.41, 5.74) is 0. The number of carbonyl (C=O) groups excluding carboxylic acids is 3. The Kier molecular flexibility index (Phi) is 47.3. The zero-order valence-electron chi connectivity index (χ0n) is 40.0. The first-order valence-electron chi connectivity index (χ1n) is 26.0. The van der Waals surface area contributed by atoms with Gasteiger partial charge in [-0.3, -0.25) is 14.4 Å². The summed E-state index contributed by atoms with van der Waals surface area (Å²) in [7, 11) is 0. The molecule has 0 bridgehead atoms. The number of rotatable bonds is 47. The fourth-order valence-electron chi connectivity index (χ4n) is 7.39. The van der Waals surface area contributed by atoms with Gasteiger partial charge in [0.05, 0.1) is 0 Å². The minimum atomic E-state index is -0.776. The highest BCUT2D eigenvalue weighted by molar-refractivity contribution is 5.71. The van der Waals surface area contributed by atoms with Gasteiger partial charge in [0.25, 0.3) is 0 Å². The minimum Gasteiger partial charge on any atom is -0.462 e. The number of allylic oxidation sites excluding steroid dienone is 6. The Labute approximate surface area is 372 Å². The Morgan fingerprint density at radius 2 is 0.617 bits per heavy atom. The van der Waals surface area contributed by atoms with Gasteiger partial charge in [0.1, 0.15) is 13.2 Å². The Morgan fingerprint density at radius 3 is 0.983 bits per heavy atom. The molecule has 1 unspecified atom stereocenters. The molecule has 0 saturated carbocycles. The maximum Gasteiger partial charge on any atom is 0.306 e. The molecule has 0 aromatic carbocycles. The van der Waals surface area contributed by atoms with Crippen molar-refractivity contribution in [3.63, 3.8) is 0 Å². The summed E-state index contributed by atoms with van der Waals surface area (Å²) >= 11 is 0. The van der Waals surface area contributed by atoms with E-state index in [2.05, 4.69) is 57.2 Å². The fraction of sp³-hybridized carbons (Fsp3) is 0.833. The maximum atomic E-state index is 12.8.